The maximum atomic E-state index is 12.9. The smallest absolute Gasteiger partial charge is 0.410 e. The van der Waals surface area contributed by atoms with E-state index in [0.29, 0.717) is 25.9 Å². The molecule has 0 bridgehead atoms. The van der Waals surface area contributed by atoms with Crippen LogP contribution in [0.3, 0.4) is 0 Å². The number of carbonyl (C=O) groups is 2. The minimum Gasteiger partial charge on any atom is -0.469 e. The molecule has 1 heterocycles. The normalized spacial score (nSPS) is 23.4. The van der Waals surface area contributed by atoms with Crippen molar-refractivity contribution in [3.63, 3.8) is 0 Å². The first-order valence-corrected chi connectivity index (χ1v) is 9.02. The third-order valence-corrected chi connectivity index (χ3v) is 4.89. The highest BCUT2D eigenvalue weighted by molar-refractivity contribution is 5.79. The number of nitrogens with two attached hydrogens (primary N) is 1. The highest BCUT2D eigenvalue weighted by atomic mass is 16.6. The number of benzene rings is 1. The first-order valence-electron chi connectivity index (χ1n) is 9.02. The Morgan fingerprint density at radius 1 is 1.27 bits per heavy atom. The fraction of sp³-hybridized carbons (Fsp3) is 0.600. The lowest BCUT2D eigenvalue weighted by atomic mass is 9.67. The van der Waals surface area contributed by atoms with Crippen molar-refractivity contribution >= 4 is 12.1 Å². The lowest BCUT2D eigenvalue weighted by Gasteiger charge is -2.46. The second-order valence-electron chi connectivity index (χ2n) is 7.93. The molecule has 2 N–H and O–H groups in total. The van der Waals surface area contributed by atoms with Gasteiger partial charge in [0.25, 0.3) is 0 Å². The van der Waals surface area contributed by atoms with Crippen LogP contribution in [0.25, 0.3) is 0 Å². The molecule has 1 aromatic rings. The Labute approximate surface area is 155 Å². The predicted molar refractivity (Wildman–Crippen MR) is 99.6 cm³/mol. The van der Waals surface area contributed by atoms with Crippen LogP contribution in [0.5, 0.6) is 0 Å². The van der Waals surface area contributed by atoms with Gasteiger partial charge in [-0.25, -0.2) is 4.79 Å². The van der Waals surface area contributed by atoms with Crippen molar-refractivity contribution in [2.75, 3.05) is 26.7 Å². The van der Waals surface area contributed by atoms with Gasteiger partial charge in [0.2, 0.25) is 0 Å². The van der Waals surface area contributed by atoms with E-state index in [1.165, 1.54) is 7.11 Å². The van der Waals surface area contributed by atoms with Crippen LogP contribution in [-0.2, 0) is 20.7 Å². The number of methoxy groups -OCH3 is 1. The molecule has 144 valence electrons. The maximum Gasteiger partial charge on any atom is 0.410 e. The van der Waals surface area contributed by atoms with Gasteiger partial charge in [-0.05, 0) is 51.6 Å². The summed E-state index contributed by atoms with van der Waals surface area (Å²) in [5.41, 5.74) is 5.56. The Balaban J connectivity index is 2.34. The fourth-order valence-corrected chi connectivity index (χ4v) is 3.63. The third kappa shape index (κ3) is 4.55. The molecule has 2 atom stereocenters. The molecule has 0 saturated carbocycles. The Morgan fingerprint density at radius 2 is 1.92 bits per heavy atom. The molecule has 2 rings (SSSR count). The van der Waals surface area contributed by atoms with Gasteiger partial charge < -0.3 is 20.1 Å². The molecule has 0 radical (unpaired) electrons. The molecule has 1 fully saturated rings. The standard InChI is InChI=1S/C20H30N2O4/c1-19(2,3)26-18(24)22-11-10-16(13-21)20(14-22,17(23)25-4)12-15-8-6-5-7-9-15/h5-9,16H,10-14,21H2,1-4H3. The average Bonchev–Trinajstić information content (AvgIpc) is 2.60. The molecule has 6 heteroatoms. The van der Waals surface area contributed by atoms with Crippen molar-refractivity contribution in [3.05, 3.63) is 35.9 Å². The predicted octanol–water partition coefficient (Wildman–Crippen LogP) is 2.60. The quantitative estimate of drug-likeness (QED) is 0.833. The number of rotatable bonds is 4. The van der Waals surface area contributed by atoms with Crippen LogP contribution in [0.1, 0.15) is 32.8 Å². The van der Waals surface area contributed by atoms with E-state index >= 15 is 0 Å². The molecule has 0 aliphatic carbocycles. The summed E-state index contributed by atoms with van der Waals surface area (Å²) in [6.07, 6.45) is 0.702. The molecular formula is C20H30N2O4. The number of esters is 1. The first kappa shape index (κ1) is 20.2. The van der Waals surface area contributed by atoms with Crippen molar-refractivity contribution in [1.82, 2.24) is 4.90 Å². The number of hydrogen-bond donors (Lipinski definition) is 1. The van der Waals surface area contributed by atoms with Crippen molar-refractivity contribution in [3.8, 4) is 0 Å². The van der Waals surface area contributed by atoms with Crippen LogP contribution in [0, 0.1) is 11.3 Å². The zero-order valence-electron chi connectivity index (χ0n) is 16.2. The topological polar surface area (TPSA) is 81.9 Å². The Hall–Kier alpha value is -2.08. The van der Waals surface area contributed by atoms with Crippen molar-refractivity contribution < 1.29 is 19.1 Å². The molecule has 26 heavy (non-hydrogen) atoms. The number of carbonyl (C=O) groups excluding carboxylic acids is 2. The Bertz CT molecular complexity index is 626. The summed E-state index contributed by atoms with van der Waals surface area (Å²) >= 11 is 0. The van der Waals surface area contributed by atoms with E-state index in [1.807, 2.05) is 51.1 Å². The van der Waals surface area contributed by atoms with Crippen LogP contribution in [0.15, 0.2) is 30.3 Å². The number of piperidine rings is 1. The van der Waals surface area contributed by atoms with Crippen molar-refractivity contribution in [2.45, 2.75) is 39.2 Å². The minimum absolute atomic E-state index is 0.0613. The number of hydrogen-bond acceptors (Lipinski definition) is 5. The molecule has 2 unspecified atom stereocenters. The summed E-state index contributed by atoms with van der Waals surface area (Å²) in [6.45, 7) is 6.61. The van der Waals surface area contributed by atoms with Gasteiger partial charge in [-0.15, -0.1) is 0 Å². The second kappa shape index (κ2) is 8.08. The van der Waals surface area contributed by atoms with E-state index in [4.69, 9.17) is 15.2 Å². The van der Waals surface area contributed by atoms with Gasteiger partial charge in [0, 0.05) is 13.1 Å². The van der Waals surface area contributed by atoms with Gasteiger partial charge in [0.1, 0.15) is 5.60 Å². The molecule has 1 aliphatic heterocycles. The van der Waals surface area contributed by atoms with Gasteiger partial charge in [0.15, 0.2) is 0 Å². The SMILES string of the molecule is COC(=O)C1(Cc2ccccc2)CN(C(=O)OC(C)(C)C)CCC1CN. The lowest BCUT2D eigenvalue weighted by Crippen LogP contribution is -2.58. The van der Waals surface area contributed by atoms with E-state index in [9.17, 15) is 9.59 Å². The summed E-state index contributed by atoms with van der Waals surface area (Å²) in [6, 6.07) is 9.76. The largest absolute Gasteiger partial charge is 0.469 e. The second-order valence-corrected chi connectivity index (χ2v) is 7.93. The molecule has 0 aromatic heterocycles. The lowest BCUT2D eigenvalue weighted by molar-refractivity contribution is -0.160. The highest BCUT2D eigenvalue weighted by Crippen LogP contribution is 2.40. The Kier molecular flexibility index (Phi) is 6.29. The summed E-state index contributed by atoms with van der Waals surface area (Å²) in [7, 11) is 1.38. The maximum absolute atomic E-state index is 12.9. The molecule has 1 amide bonds. The fourth-order valence-electron chi connectivity index (χ4n) is 3.63. The van der Waals surface area contributed by atoms with Gasteiger partial charge in [-0.1, -0.05) is 30.3 Å². The summed E-state index contributed by atoms with van der Waals surface area (Å²) in [5.74, 6) is -0.390. The Morgan fingerprint density at radius 3 is 2.46 bits per heavy atom. The molecule has 1 aromatic carbocycles. The molecule has 6 nitrogen and oxygen atoms in total. The molecule has 1 saturated heterocycles. The minimum atomic E-state index is -0.875. The van der Waals surface area contributed by atoms with Crippen LogP contribution in [0.4, 0.5) is 4.79 Å². The van der Waals surface area contributed by atoms with E-state index < -0.39 is 17.1 Å². The van der Waals surface area contributed by atoms with Crippen molar-refractivity contribution in [1.29, 1.82) is 0 Å². The number of ether oxygens (including phenoxy) is 2. The molecule has 1 aliphatic rings. The van der Waals surface area contributed by atoms with E-state index in [0.717, 1.165) is 5.56 Å². The van der Waals surface area contributed by atoms with Gasteiger partial charge in [0.05, 0.1) is 12.5 Å². The summed E-state index contributed by atoms with van der Waals surface area (Å²) in [4.78, 5) is 27.0. The zero-order chi connectivity index (χ0) is 19.4. The van der Waals surface area contributed by atoms with Crippen LogP contribution >= 0.6 is 0 Å². The van der Waals surface area contributed by atoms with Crippen molar-refractivity contribution in [2.24, 2.45) is 17.1 Å². The number of amides is 1. The number of likely N-dealkylation sites (tertiary alicyclic amines) is 1. The van der Waals surface area contributed by atoms with Gasteiger partial charge in [-0.3, -0.25) is 4.79 Å². The molecule has 0 spiro atoms. The van der Waals surface area contributed by atoms with Gasteiger partial charge >= 0.3 is 12.1 Å². The monoisotopic (exact) mass is 362 g/mol. The first-order chi connectivity index (χ1) is 12.2. The van der Waals surface area contributed by atoms with Crippen LogP contribution in [-0.4, -0.2) is 49.3 Å². The average molecular weight is 362 g/mol. The van der Waals surface area contributed by atoms with Crippen LogP contribution in [0.2, 0.25) is 0 Å². The van der Waals surface area contributed by atoms with E-state index in [2.05, 4.69) is 0 Å². The molecular weight excluding hydrogens is 332 g/mol. The highest BCUT2D eigenvalue weighted by Gasteiger charge is 2.51. The van der Waals surface area contributed by atoms with Gasteiger partial charge in [-0.2, -0.15) is 0 Å². The summed E-state index contributed by atoms with van der Waals surface area (Å²) < 4.78 is 10.7. The van der Waals surface area contributed by atoms with Crippen LogP contribution < -0.4 is 5.73 Å². The third-order valence-electron chi connectivity index (χ3n) is 4.89. The van der Waals surface area contributed by atoms with E-state index in [1.54, 1.807) is 4.90 Å². The zero-order valence-corrected chi connectivity index (χ0v) is 16.2. The van der Waals surface area contributed by atoms with E-state index in [-0.39, 0.29) is 18.4 Å². The number of nitrogens with zero attached hydrogens (tertiary/aromatic N) is 1. The summed E-state index contributed by atoms with van der Waals surface area (Å²) in [5, 5.41) is 0.